The fourth-order valence-corrected chi connectivity index (χ4v) is 3.12. The zero-order valence-corrected chi connectivity index (χ0v) is 15.5. The molecule has 27 heavy (non-hydrogen) atoms. The number of aromatic nitrogens is 7. The molecule has 4 rings (SSSR count). The predicted molar refractivity (Wildman–Crippen MR) is 100 cm³/mol. The summed E-state index contributed by atoms with van der Waals surface area (Å²) in [6.45, 7) is 4.14. The number of hydrogen-bond donors (Lipinski definition) is 1. The summed E-state index contributed by atoms with van der Waals surface area (Å²) >= 11 is 1.16. The van der Waals surface area contributed by atoms with Crippen LogP contribution in [0.1, 0.15) is 27.6 Å². The van der Waals surface area contributed by atoms with Crippen molar-refractivity contribution in [1.29, 1.82) is 0 Å². The number of carbonyl (C=O) groups is 1. The van der Waals surface area contributed by atoms with Crippen molar-refractivity contribution in [2.75, 3.05) is 5.32 Å². The van der Waals surface area contributed by atoms with Crippen LogP contribution in [0, 0.1) is 13.8 Å². The first-order valence-electron chi connectivity index (χ1n) is 8.21. The third kappa shape index (κ3) is 3.47. The molecule has 0 saturated carbocycles. The van der Waals surface area contributed by atoms with Gasteiger partial charge in [0.05, 0.1) is 41.0 Å². The van der Waals surface area contributed by atoms with Gasteiger partial charge in [-0.25, -0.2) is 9.36 Å². The molecule has 0 bridgehead atoms. The molecule has 0 fully saturated rings. The summed E-state index contributed by atoms with van der Waals surface area (Å²) in [5.41, 5.74) is 4.23. The number of carbonyl (C=O) groups excluding carboxylic acids is 1. The van der Waals surface area contributed by atoms with Crippen molar-refractivity contribution in [3.05, 3.63) is 65.5 Å². The summed E-state index contributed by atoms with van der Waals surface area (Å²) in [6.07, 6.45) is 3.57. The van der Waals surface area contributed by atoms with Gasteiger partial charge < -0.3 is 5.32 Å². The number of aryl methyl sites for hydroxylation is 1. The van der Waals surface area contributed by atoms with E-state index in [1.165, 1.54) is 0 Å². The molecule has 0 aliphatic carbocycles. The molecule has 0 atom stereocenters. The lowest BCUT2D eigenvalue weighted by molar-refractivity contribution is 0.102. The quantitative estimate of drug-likeness (QED) is 0.569. The molecule has 0 aliphatic heterocycles. The van der Waals surface area contributed by atoms with E-state index in [-0.39, 0.29) is 11.6 Å². The lowest BCUT2D eigenvalue weighted by Crippen LogP contribution is -2.14. The predicted octanol–water partition coefficient (Wildman–Crippen LogP) is 2.23. The lowest BCUT2D eigenvalue weighted by Gasteiger charge is -2.06. The average molecular weight is 380 g/mol. The highest BCUT2D eigenvalue weighted by molar-refractivity contribution is 6.99. The standard InChI is InChI=1S/C17H16N8OS/c1-11-15(22-27-21-11)10-25-12(2)16(20-23-25)17(26)19-13-4-6-14(7-5-13)24-9-3-8-18-24/h3-9H,10H2,1-2H3,(H,19,26). The fourth-order valence-electron chi connectivity index (χ4n) is 2.56. The van der Waals surface area contributed by atoms with Crippen molar-refractivity contribution in [2.45, 2.75) is 20.4 Å². The van der Waals surface area contributed by atoms with Crippen LogP contribution < -0.4 is 5.32 Å². The summed E-state index contributed by atoms with van der Waals surface area (Å²) in [5.74, 6) is -0.307. The summed E-state index contributed by atoms with van der Waals surface area (Å²) in [7, 11) is 0. The average Bonchev–Trinajstić information content (AvgIpc) is 3.40. The number of rotatable bonds is 5. The van der Waals surface area contributed by atoms with E-state index in [0.717, 1.165) is 28.8 Å². The maximum atomic E-state index is 12.6. The normalized spacial score (nSPS) is 10.9. The Morgan fingerprint density at radius 2 is 2.00 bits per heavy atom. The smallest absolute Gasteiger partial charge is 0.278 e. The van der Waals surface area contributed by atoms with Crippen molar-refractivity contribution in [3.8, 4) is 5.69 Å². The van der Waals surface area contributed by atoms with Crippen LogP contribution in [0.5, 0.6) is 0 Å². The number of benzene rings is 1. The summed E-state index contributed by atoms with van der Waals surface area (Å²) < 4.78 is 11.8. The van der Waals surface area contributed by atoms with Gasteiger partial charge in [0.2, 0.25) is 0 Å². The number of hydrogen-bond acceptors (Lipinski definition) is 7. The lowest BCUT2D eigenvalue weighted by atomic mass is 10.2. The maximum absolute atomic E-state index is 12.6. The van der Waals surface area contributed by atoms with Gasteiger partial charge in [-0.3, -0.25) is 4.79 Å². The van der Waals surface area contributed by atoms with Crippen molar-refractivity contribution in [2.24, 2.45) is 0 Å². The van der Waals surface area contributed by atoms with E-state index in [0.29, 0.717) is 17.9 Å². The highest BCUT2D eigenvalue weighted by atomic mass is 32.1. The van der Waals surface area contributed by atoms with Gasteiger partial charge in [-0.2, -0.15) is 13.8 Å². The maximum Gasteiger partial charge on any atom is 0.278 e. The minimum absolute atomic E-state index is 0.284. The van der Waals surface area contributed by atoms with Crippen LogP contribution in [0.3, 0.4) is 0 Å². The van der Waals surface area contributed by atoms with Crippen LogP contribution in [0.4, 0.5) is 5.69 Å². The van der Waals surface area contributed by atoms with Gasteiger partial charge in [-0.15, -0.1) is 5.10 Å². The molecule has 1 aromatic carbocycles. The third-order valence-electron chi connectivity index (χ3n) is 4.14. The largest absolute Gasteiger partial charge is 0.321 e. The Morgan fingerprint density at radius 3 is 2.67 bits per heavy atom. The first kappa shape index (κ1) is 17.0. The molecule has 1 amide bonds. The Balaban J connectivity index is 1.48. The van der Waals surface area contributed by atoms with E-state index in [9.17, 15) is 4.79 Å². The first-order valence-corrected chi connectivity index (χ1v) is 8.94. The Labute approximate surface area is 159 Å². The molecular weight excluding hydrogens is 364 g/mol. The van der Waals surface area contributed by atoms with E-state index in [1.807, 2.05) is 50.4 Å². The van der Waals surface area contributed by atoms with Crippen molar-refractivity contribution >= 4 is 23.3 Å². The number of nitrogens with one attached hydrogen (secondary N) is 1. The van der Waals surface area contributed by atoms with Crippen molar-refractivity contribution in [1.82, 2.24) is 33.5 Å². The van der Waals surface area contributed by atoms with Crippen LogP contribution in [0.25, 0.3) is 5.69 Å². The number of amides is 1. The highest BCUT2D eigenvalue weighted by Crippen LogP contribution is 2.15. The van der Waals surface area contributed by atoms with Crippen LogP contribution in [-0.4, -0.2) is 39.4 Å². The van der Waals surface area contributed by atoms with Crippen molar-refractivity contribution in [3.63, 3.8) is 0 Å². The molecule has 10 heteroatoms. The first-order chi connectivity index (χ1) is 13.1. The molecule has 0 unspecified atom stereocenters. The topological polar surface area (TPSA) is 103 Å². The van der Waals surface area contributed by atoms with Crippen LogP contribution in [0.2, 0.25) is 0 Å². The zero-order chi connectivity index (χ0) is 18.8. The van der Waals surface area contributed by atoms with E-state index < -0.39 is 0 Å². The molecule has 0 saturated heterocycles. The Hall–Kier alpha value is -3.40. The Bertz CT molecular complexity index is 1070. The molecule has 0 radical (unpaired) electrons. The second-order valence-corrected chi connectivity index (χ2v) is 6.46. The second-order valence-electron chi connectivity index (χ2n) is 5.93. The fraction of sp³-hybridized carbons (Fsp3) is 0.176. The Morgan fingerprint density at radius 1 is 1.19 bits per heavy atom. The zero-order valence-electron chi connectivity index (χ0n) is 14.7. The molecule has 0 aliphatic rings. The van der Waals surface area contributed by atoms with E-state index in [2.05, 4.69) is 29.5 Å². The second kappa shape index (κ2) is 7.08. The van der Waals surface area contributed by atoms with Gasteiger partial charge in [0.1, 0.15) is 0 Å². The number of anilines is 1. The third-order valence-corrected chi connectivity index (χ3v) is 4.80. The van der Waals surface area contributed by atoms with Gasteiger partial charge in [0.15, 0.2) is 5.69 Å². The SMILES string of the molecule is Cc1nsnc1Cn1nnc(C(=O)Nc2ccc(-n3cccn3)cc2)c1C. The summed E-state index contributed by atoms with van der Waals surface area (Å²) in [5, 5.41) is 15.1. The molecule has 4 aromatic rings. The van der Waals surface area contributed by atoms with E-state index in [4.69, 9.17) is 0 Å². The van der Waals surface area contributed by atoms with Crippen LogP contribution in [0.15, 0.2) is 42.7 Å². The molecule has 3 aromatic heterocycles. The molecule has 0 spiro atoms. The highest BCUT2D eigenvalue weighted by Gasteiger charge is 2.18. The molecule has 136 valence electrons. The summed E-state index contributed by atoms with van der Waals surface area (Å²) in [4.78, 5) is 12.6. The van der Waals surface area contributed by atoms with Gasteiger partial charge in [-0.05, 0) is 44.2 Å². The van der Waals surface area contributed by atoms with Gasteiger partial charge in [-0.1, -0.05) is 5.21 Å². The molecule has 3 heterocycles. The van der Waals surface area contributed by atoms with Crippen LogP contribution >= 0.6 is 11.7 Å². The van der Waals surface area contributed by atoms with Gasteiger partial charge in [0, 0.05) is 18.1 Å². The van der Waals surface area contributed by atoms with Gasteiger partial charge >= 0.3 is 0 Å². The van der Waals surface area contributed by atoms with E-state index in [1.54, 1.807) is 15.6 Å². The van der Waals surface area contributed by atoms with Crippen LogP contribution in [-0.2, 0) is 6.54 Å². The summed E-state index contributed by atoms with van der Waals surface area (Å²) in [6, 6.07) is 9.25. The minimum atomic E-state index is -0.307. The molecule has 9 nitrogen and oxygen atoms in total. The number of nitrogens with zero attached hydrogens (tertiary/aromatic N) is 7. The minimum Gasteiger partial charge on any atom is -0.321 e. The Kier molecular flexibility index (Phi) is 4.47. The molecule has 1 N–H and O–H groups in total. The van der Waals surface area contributed by atoms with Gasteiger partial charge in [0.25, 0.3) is 5.91 Å². The molecular formula is C17H16N8OS. The van der Waals surface area contributed by atoms with Crippen molar-refractivity contribution < 1.29 is 4.79 Å². The monoisotopic (exact) mass is 380 g/mol. The van der Waals surface area contributed by atoms with E-state index >= 15 is 0 Å².